The zero-order valence-corrected chi connectivity index (χ0v) is 19.0. The third-order valence-electron chi connectivity index (χ3n) is 5.19. The second kappa shape index (κ2) is 10.00. The van der Waals surface area contributed by atoms with E-state index in [-0.39, 0.29) is 0 Å². The van der Waals surface area contributed by atoms with E-state index in [9.17, 15) is 0 Å². The first-order valence-corrected chi connectivity index (χ1v) is 11.4. The zero-order chi connectivity index (χ0) is 20.8. The first-order valence-electron chi connectivity index (χ1n) is 10.2. The average molecular weight is 482 g/mol. The van der Waals surface area contributed by atoms with E-state index in [2.05, 4.69) is 31.8 Å². The van der Waals surface area contributed by atoms with Gasteiger partial charge in [-0.15, -0.1) is 0 Å². The first-order chi connectivity index (χ1) is 14.7. The molecule has 1 aliphatic rings. The molecule has 7 heteroatoms. The van der Waals surface area contributed by atoms with Crippen LogP contribution in [0, 0.1) is 0 Å². The van der Waals surface area contributed by atoms with Gasteiger partial charge in [-0.05, 0) is 49.3 Å². The Hall–Kier alpha value is -2.51. The number of benzene rings is 2. The number of rotatable bonds is 5. The van der Waals surface area contributed by atoms with E-state index < -0.39 is 0 Å². The Morgan fingerprint density at radius 3 is 2.53 bits per heavy atom. The van der Waals surface area contributed by atoms with Crippen LogP contribution in [0.4, 0.5) is 0 Å². The normalized spacial score (nSPS) is 14.7. The fourth-order valence-corrected chi connectivity index (χ4v) is 4.14. The van der Waals surface area contributed by atoms with Gasteiger partial charge in [0.1, 0.15) is 5.69 Å². The molecule has 0 atom stereocenters. The molecule has 0 radical (unpaired) electrons. The predicted molar refractivity (Wildman–Crippen MR) is 130 cm³/mol. The molecule has 0 bridgehead atoms. The fourth-order valence-electron chi connectivity index (χ4n) is 3.65. The Kier molecular flexibility index (Phi) is 6.92. The van der Waals surface area contributed by atoms with E-state index >= 15 is 0 Å². The number of nitrogens with zero attached hydrogens (tertiary/aromatic N) is 3. The molecule has 0 unspecified atom stereocenters. The number of thiocarbonyl (C=S) groups is 1. The maximum atomic E-state index is 5.41. The molecule has 5 nitrogen and oxygen atoms in total. The van der Waals surface area contributed by atoms with Gasteiger partial charge in [-0.2, -0.15) is 10.2 Å². The number of para-hydroxylation sites is 1. The molecule has 1 heterocycles. The minimum absolute atomic E-state index is 0.452. The lowest BCUT2D eigenvalue weighted by molar-refractivity contribution is 0.412. The SMILES string of the molecule is S=C(N/N=C/c1cn(-c2ccccc2)nc1-c1ccc(Br)cc1)NC1CCCCC1. The summed E-state index contributed by atoms with van der Waals surface area (Å²) < 4.78 is 2.90. The van der Waals surface area contributed by atoms with Crippen molar-refractivity contribution in [2.45, 2.75) is 38.1 Å². The Bertz CT molecular complexity index is 1010. The predicted octanol–water partition coefficient (Wildman–Crippen LogP) is 5.43. The highest BCUT2D eigenvalue weighted by molar-refractivity contribution is 9.10. The van der Waals surface area contributed by atoms with E-state index in [0.29, 0.717) is 11.2 Å². The van der Waals surface area contributed by atoms with Crippen LogP contribution >= 0.6 is 28.1 Å². The van der Waals surface area contributed by atoms with Crippen LogP contribution in [0.2, 0.25) is 0 Å². The summed E-state index contributed by atoms with van der Waals surface area (Å²) in [7, 11) is 0. The Morgan fingerprint density at radius 1 is 1.07 bits per heavy atom. The van der Waals surface area contributed by atoms with Crippen LogP contribution in [0.25, 0.3) is 16.9 Å². The van der Waals surface area contributed by atoms with Crippen LogP contribution < -0.4 is 10.7 Å². The first kappa shape index (κ1) is 20.8. The van der Waals surface area contributed by atoms with Gasteiger partial charge in [-0.3, -0.25) is 5.43 Å². The summed E-state index contributed by atoms with van der Waals surface area (Å²) >= 11 is 8.90. The van der Waals surface area contributed by atoms with Crippen molar-refractivity contribution in [3.8, 4) is 16.9 Å². The van der Waals surface area contributed by atoms with Crippen molar-refractivity contribution < 1.29 is 0 Å². The third kappa shape index (κ3) is 5.34. The number of aromatic nitrogens is 2. The molecule has 0 saturated heterocycles. The lowest BCUT2D eigenvalue weighted by Gasteiger charge is -2.23. The fraction of sp³-hybridized carbons (Fsp3) is 0.261. The highest BCUT2D eigenvalue weighted by Crippen LogP contribution is 2.24. The highest BCUT2D eigenvalue weighted by Gasteiger charge is 2.14. The molecule has 4 rings (SSSR count). The van der Waals surface area contributed by atoms with E-state index in [4.69, 9.17) is 17.3 Å². The smallest absolute Gasteiger partial charge is 0.187 e. The molecular formula is C23H24BrN5S. The summed E-state index contributed by atoms with van der Waals surface area (Å²) in [6, 6.07) is 18.6. The lowest BCUT2D eigenvalue weighted by Crippen LogP contribution is -2.40. The summed E-state index contributed by atoms with van der Waals surface area (Å²) in [5.74, 6) is 0. The van der Waals surface area contributed by atoms with E-state index in [0.717, 1.165) is 27.0 Å². The molecule has 30 heavy (non-hydrogen) atoms. The maximum Gasteiger partial charge on any atom is 0.187 e. The lowest BCUT2D eigenvalue weighted by atomic mass is 9.96. The molecule has 0 amide bonds. The summed E-state index contributed by atoms with van der Waals surface area (Å²) in [6.45, 7) is 0. The van der Waals surface area contributed by atoms with Crippen molar-refractivity contribution >= 4 is 39.5 Å². The van der Waals surface area contributed by atoms with Crippen molar-refractivity contribution in [3.05, 3.63) is 70.8 Å². The molecule has 1 saturated carbocycles. The van der Waals surface area contributed by atoms with Gasteiger partial charge < -0.3 is 5.32 Å². The van der Waals surface area contributed by atoms with E-state index in [1.807, 2.05) is 65.5 Å². The van der Waals surface area contributed by atoms with Crippen LogP contribution in [0.15, 0.2) is 70.4 Å². The van der Waals surface area contributed by atoms with Crippen LogP contribution in [0.3, 0.4) is 0 Å². The van der Waals surface area contributed by atoms with Crippen molar-refractivity contribution in [3.63, 3.8) is 0 Å². The molecule has 0 spiro atoms. The number of nitrogens with one attached hydrogen (secondary N) is 2. The molecule has 1 aliphatic carbocycles. The third-order valence-corrected chi connectivity index (χ3v) is 5.93. The van der Waals surface area contributed by atoms with Gasteiger partial charge in [0, 0.05) is 27.8 Å². The summed E-state index contributed by atoms with van der Waals surface area (Å²) in [5.41, 5.74) is 6.76. The molecule has 1 fully saturated rings. The van der Waals surface area contributed by atoms with Crippen molar-refractivity contribution in [2.75, 3.05) is 0 Å². The van der Waals surface area contributed by atoms with Crippen LogP contribution in [-0.4, -0.2) is 27.1 Å². The molecule has 3 aromatic rings. The topological polar surface area (TPSA) is 54.2 Å². The molecule has 154 valence electrons. The summed E-state index contributed by atoms with van der Waals surface area (Å²) in [5, 5.41) is 13.1. The van der Waals surface area contributed by atoms with Gasteiger partial charge in [0.05, 0.1) is 11.9 Å². The minimum atomic E-state index is 0.452. The number of hydrazone groups is 1. The minimum Gasteiger partial charge on any atom is -0.359 e. The van der Waals surface area contributed by atoms with Crippen LogP contribution in [0.5, 0.6) is 0 Å². The van der Waals surface area contributed by atoms with E-state index in [1.165, 1.54) is 32.1 Å². The molecule has 2 N–H and O–H groups in total. The average Bonchev–Trinajstić information content (AvgIpc) is 3.20. The summed E-state index contributed by atoms with van der Waals surface area (Å²) in [6.07, 6.45) is 9.94. The molecule has 0 aliphatic heterocycles. The monoisotopic (exact) mass is 481 g/mol. The quantitative estimate of drug-likeness (QED) is 0.289. The van der Waals surface area contributed by atoms with Crippen LogP contribution in [-0.2, 0) is 0 Å². The standard InChI is InChI=1S/C23H24BrN5S/c24-19-13-11-17(12-14-19)22-18(16-29(28-22)21-9-5-2-6-10-21)15-25-27-23(30)26-20-7-3-1-4-8-20/h2,5-6,9-16,20H,1,3-4,7-8H2,(H2,26,27,30)/b25-15+. The molecule has 2 aromatic carbocycles. The Labute approximate surface area is 190 Å². The second-order valence-electron chi connectivity index (χ2n) is 7.40. The van der Waals surface area contributed by atoms with Crippen molar-refractivity contribution in [1.82, 2.24) is 20.5 Å². The molecular weight excluding hydrogens is 458 g/mol. The van der Waals surface area contributed by atoms with E-state index in [1.54, 1.807) is 6.21 Å². The van der Waals surface area contributed by atoms with Gasteiger partial charge in [0.25, 0.3) is 0 Å². The van der Waals surface area contributed by atoms with Gasteiger partial charge in [-0.1, -0.05) is 65.5 Å². The van der Waals surface area contributed by atoms with Crippen molar-refractivity contribution in [1.29, 1.82) is 0 Å². The largest absolute Gasteiger partial charge is 0.359 e. The maximum absolute atomic E-state index is 5.41. The number of hydrogen-bond acceptors (Lipinski definition) is 3. The van der Waals surface area contributed by atoms with Gasteiger partial charge >= 0.3 is 0 Å². The van der Waals surface area contributed by atoms with Gasteiger partial charge in [0.15, 0.2) is 5.11 Å². The Balaban J connectivity index is 1.53. The van der Waals surface area contributed by atoms with Crippen molar-refractivity contribution in [2.24, 2.45) is 5.10 Å². The molecule has 1 aromatic heterocycles. The summed E-state index contributed by atoms with van der Waals surface area (Å²) in [4.78, 5) is 0. The Morgan fingerprint density at radius 2 is 1.80 bits per heavy atom. The van der Waals surface area contributed by atoms with Gasteiger partial charge in [-0.25, -0.2) is 4.68 Å². The number of halogens is 1. The van der Waals surface area contributed by atoms with Gasteiger partial charge in [0.2, 0.25) is 0 Å². The second-order valence-corrected chi connectivity index (χ2v) is 8.72. The highest BCUT2D eigenvalue weighted by atomic mass is 79.9. The van der Waals surface area contributed by atoms with Crippen LogP contribution in [0.1, 0.15) is 37.7 Å². The zero-order valence-electron chi connectivity index (χ0n) is 16.6. The number of hydrogen-bond donors (Lipinski definition) is 2.